The SMILES string of the molecule is Cc1ccc(S(=O)(=O)N(C)C)cc1C(=O)NC1CCCCC1. The van der Waals surface area contributed by atoms with E-state index in [9.17, 15) is 13.2 Å². The van der Waals surface area contributed by atoms with Gasteiger partial charge in [-0.2, -0.15) is 0 Å². The van der Waals surface area contributed by atoms with Crippen molar-refractivity contribution in [3.63, 3.8) is 0 Å². The molecule has 122 valence electrons. The van der Waals surface area contributed by atoms with E-state index in [2.05, 4.69) is 5.32 Å². The van der Waals surface area contributed by atoms with Gasteiger partial charge in [0, 0.05) is 25.7 Å². The van der Waals surface area contributed by atoms with Crippen LogP contribution >= 0.6 is 0 Å². The number of benzene rings is 1. The molecule has 2 rings (SSSR count). The summed E-state index contributed by atoms with van der Waals surface area (Å²) in [6, 6.07) is 4.91. The van der Waals surface area contributed by atoms with Crippen molar-refractivity contribution in [2.24, 2.45) is 0 Å². The second-order valence-electron chi connectivity index (χ2n) is 6.07. The number of carbonyl (C=O) groups is 1. The van der Waals surface area contributed by atoms with Crippen LogP contribution in [-0.2, 0) is 10.0 Å². The molecule has 6 heteroatoms. The van der Waals surface area contributed by atoms with Crippen LogP contribution in [0.2, 0.25) is 0 Å². The minimum atomic E-state index is -3.53. The van der Waals surface area contributed by atoms with E-state index in [-0.39, 0.29) is 16.8 Å². The highest BCUT2D eigenvalue weighted by molar-refractivity contribution is 7.89. The van der Waals surface area contributed by atoms with Crippen molar-refractivity contribution in [3.8, 4) is 0 Å². The molecule has 0 unspecified atom stereocenters. The number of nitrogens with one attached hydrogen (secondary N) is 1. The molecule has 0 aliphatic heterocycles. The van der Waals surface area contributed by atoms with Crippen molar-refractivity contribution in [2.45, 2.75) is 50.0 Å². The first-order chi connectivity index (χ1) is 10.3. The van der Waals surface area contributed by atoms with Crippen LogP contribution in [0, 0.1) is 6.92 Å². The van der Waals surface area contributed by atoms with E-state index in [4.69, 9.17) is 0 Å². The Balaban J connectivity index is 2.24. The lowest BCUT2D eigenvalue weighted by atomic mass is 9.95. The Morgan fingerprint density at radius 3 is 2.41 bits per heavy atom. The van der Waals surface area contributed by atoms with Crippen molar-refractivity contribution in [1.29, 1.82) is 0 Å². The third-order valence-electron chi connectivity index (χ3n) is 4.17. The highest BCUT2D eigenvalue weighted by atomic mass is 32.2. The maximum Gasteiger partial charge on any atom is 0.251 e. The van der Waals surface area contributed by atoms with Gasteiger partial charge in [0.2, 0.25) is 10.0 Å². The summed E-state index contributed by atoms with van der Waals surface area (Å²) in [6.07, 6.45) is 5.50. The first-order valence-electron chi connectivity index (χ1n) is 7.66. The van der Waals surface area contributed by atoms with Gasteiger partial charge in [-0.05, 0) is 37.5 Å². The number of aryl methyl sites for hydroxylation is 1. The van der Waals surface area contributed by atoms with E-state index in [1.54, 1.807) is 12.1 Å². The highest BCUT2D eigenvalue weighted by Gasteiger charge is 2.22. The van der Waals surface area contributed by atoms with Crippen LogP contribution in [0.3, 0.4) is 0 Å². The molecule has 5 nitrogen and oxygen atoms in total. The number of sulfonamides is 1. The summed E-state index contributed by atoms with van der Waals surface area (Å²) < 4.78 is 25.6. The topological polar surface area (TPSA) is 66.5 Å². The lowest BCUT2D eigenvalue weighted by molar-refractivity contribution is 0.0927. The summed E-state index contributed by atoms with van der Waals surface area (Å²) in [5, 5.41) is 3.04. The fourth-order valence-corrected chi connectivity index (χ4v) is 3.66. The highest BCUT2D eigenvalue weighted by Crippen LogP contribution is 2.20. The van der Waals surface area contributed by atoms with Gasteiger partial charge in [-0.3, -0.25) is 4.79 Å². The van der Waals surface area contributed by atoms with Crippen molar-refractivity contribution in [3.05, 3.63) is 29.3 Å². The van der Waals surface area contributed by atoms with Crippen molar-refractivity contribution >= 4 is 15.9 Å². The molecule has 1 aliphatic carbocycles. The molecule has 1 aromatic rings. The Morgan fingerprint density at radius 2 is 1.82 bits per heavy atom. The van der Waals surface area contributed by atoms with Crippen LogP contribution in [0.25, 0.3) is 0 Å². The van der Waals surface area contributed by atoms with E-state index in [0.717, 1.165) is 35.6 Å². The van der Waals surface area contributed by atoms with Gasteiger partial charge in [0.1, 0.15) is 0 Å². The average Bonchev–Trinajstić information content (AvgIpc) is 2.48. The molecule has 22 heavy (non-hydrogen) atoms. The zero-order valence-electron chi connectivity index (χ0n) is 13.4. The Hall–Kier alpha value is -1.40. The molecule has 1 aromatic carbocycles. The molecule has 1 N–H and O–H groups in total. The monoisotopic (exact) mass is 324 g/mol. The molecular formula is C16H24N2O3S. The fourth-order valence-electron chi connectivity index (χ4n) is 2.73. The number of carbonyl (C=O) groups excluding carboxylic acids is 1. The van der Waals surface area contributed by atoms with Crippen molar-refractivity contribution in [1.82, 2.24) is 9.62 Å². The number of nitrogens with zero attached hydrogens (tertiary/aromatic N) is 1. The summed E-state index contributed by atoms with van der Waals surface area (Å²) in [5.41, 5.74) is 1.22. The number of amides is 1. The summed E-state index contributed by atoms with van der Waals surface area (Å²) in [4.78, 5) is 12.6. The van der Waals surface area contributed by atoms with Crippen LogP contribution in [0.15, 0.2) is 23.1 Å². The predicted molar refractivity (Wildman–Crippen MR) is 86.4 cm³/mol. The van der Waals surface area contributed by atoms with Gasteiger partial charge in [-0.15, -0.1) is 0 Å². The standard InChI is InChI=1S/C16H24N2O3S/c1-12-9-10-14(22(20,21)18(2)3)11-15(12)16(19)17-13-7-5-4-6-8-13/h9-11,13H,4-8H2,1-3H3,(H,17,19). The van der Waals surface area contributed by atoms with Gasteiger partial charge in [0.05, 0.1) is 4.90 Å². The number of rotatable bonds is 4. The van der Waals surface area contributed by atoms with E-state index in [1.165, 1.54) is 26.6 Å². The maximum atomic E-state index is 12.5. The van der Waals surface area contributed by atoms with Crippen molar-refractivity contribution < 1.29 is 13.2 Å². The van der Waals surface area contributed by atoms with Crippen molar-refractivity contribution in [2.75, 3.05) is 14.1 Å². The molecule has 0 aromatic heterocycles. The Kier molecular flexibility index (Phi) is 5.24. The molecular weight excluding hydrogens is 300 g/mol. The summed E-state index contributed by atoms with van der Waals surface area (Å²) in [7, 11) is -0.563. The summed E-state index contributed by atoms with van der Waals surface area (Å²) in [6.45, 7) is 1.82. The van der Waals surface area contributed by atoms with Gasteiger partial charge in [0.25, 0.3) is 5.91 Å². The van der Waals surface area contributed by atoms with E-state index >= 15 is 0 Å². The summed E-state index contributed by atoms with van der Waals surface area (Å²) >= 11 is 0. The number of hydrogen-bond acceptors (Lipinski definition) is 3. The van der Waals surface area contributed by atoms with Crippen LogP contribution in [0.5, 0.6) is 0 Å². The molecule has 0 saturated heterocycles. The average molecular weight is 324 g/mol. The minimum absolute atomic E-state index is 0.150. The molecule has 1 aliphatic rings. The molecule has 0 heterocycles. The van der Waals surface area contributed by atoms with Crippen LogP contribution in [0.1, 0.15) is 48.0 Å². The van der Waals surface area contributed by atoms with Gasteiger partial charge in [-0.1, -0.05) is 25.3 Å². The second-order valence-corrected chi connectivity index (χ2v) is 8.22. The van der Waals surface area contributed by atoms with Crippen LogP contribution in [-0.4, -0.2) is 38.8 Å². The quantitative estimate of drug-likeness (QED) is 0.924. The molecule has 1 fully saturated rings. The van der Waals surface area contributed by atoms with Gasteiger partial charge < -0.3 is 5.32 Å². The fraction of sp³-hybridized carbons (Fsp3) is 0.562. The second kappa shape index (κ2) is 6.79. The zero-order chi connectivity index (χ0) is 16.3. The van der Waals surface area contributed by atoms with Crippen LogP contribution in [0.4, 0.5) is 0 Å². The third kappa shape index (κ3) is 3.67. The first kappa shape index (κ1) is 17.0. The van der Waals surface area contributed by atoms with E-state index < -0.39 is 10.0 Å². The Labute approximate surface area is 132 Å². The lowest BCUT2D eigenvalue weighted by Crippen LogP contribution is -2.36. The number of hydrogen-bond donors (Lipinski definition) is 1. The largest absolute Gasteiger partial charge is 0.349 e. The molecule has 0 atom stereocenters. The molecule has 0 bridgehead atoms. The predicted octanol–water partition coefficient (Wildman–Crippen LogP) is 2.31. The normalized spacial score (nSPS) is 16.7. The van der Waals surface area contributed by atoms with Crippen LogP contribution < -0.4 is 5.32 Å². The van der Waals surface area contributed by atoms with E-state index in [0.29, 0.717) is 5.56 Å². The van der Waals surface area contributed by atoms with Gasteiger partial charge in [0.15, 0.2) is 0 Å². The first-order valence-corrected chi connectivity index (χ1v) is 9.10. The molecule has 1 saturated carbocycles. The molecule has 0 radical (unpaired) electrons. The Morgan fingerprint density at radius 1 is 1.18 bits per heavy atom. The third-order valence-corrected chi connectivity index (χ3v) is 5.98. The van der Waals surface area contributed by atoms with Gasteiger partial charge >= 0.3 is 0 Å². The minimum Gasteiger partial charge on any atom is -0.349 e. The Bertz CT molecular complexity index is 647. The maximum absolute atomic E-state index is 12.5. The smallest absolute Gasteiger partial charge is 0.251 e. The molecule has 1 amide bonds. The zero-order valence-corrected chi connectivity index (χ0v) is 14.2. The molecule has 0 spiro atoms. The lowest BCUT2D eigenvalue weighted by Gasteiger charge is -2.23. The van der Waals surface area contributed by atoms with E-state index in [1.807, 2.05) is 6.92 Å². The summed E-state index contributed by atoms with van der Waals surface area (Å²) in [5.74, 6) is -0.180. The van der Waals surface area contributed by atoms with Gasteiger partial charge in [-0.25, -0.2) is 12.7 Å².